The number of anilines is 1. The minimum Gasteiger partial charge on any atom is -0.473 e. The number of hydrogen-bond donors (Lipinski definition) is 0. The molecule has 1 amide bonds. The molecule has 2 aliphatic rings. The highest BCUT2D eigenvalue weighted by molar-refractivity contribution is 5.73. The van der Waals surface area contributed by atoms with Gasteiger partial charge in [0.2, 0.25) is 11.8 Å². The van der Waals surface area contributed by atoms with Gasteiger partial charge in [-0.15, -0.1) is 0 Å². The van der Waals surface area contributed by atoms with E-state index in [1.807, 2.05) is 105 Å². The number of benzene rings is 3. The Bertz CT molecular complexity index is 1640. The Balaban J connectivity index is 1.16. The number of piperidine rings is 2. The zero-order valence-corrected chi connectivity index (χ0v) is 27.6. The van der Waals surface area contributed by atoms with Crippen molar-refractivity contribution in [1.82, 2.24) is 9.88 Å². The van der Waals surface area contributed by atoms with Gasteiger partial charge in [-0.05, 0) is 87.3 Å². The number of carbonyl (C=O) groups is 1. The van der Waals surface area contributed by atoms with E-state index in [4.69, 9.17) is 19.2 Å². The minimum absolute atomic E-state index is 0.218. The van der Waals surface area contributed by atoms with Gasteiger partial charge in [-0.1, -0.05) is 60.7 Å². The van der Waals surface area contributed by atoms with Crippen LogP contribution in [0.25, 0.3) is 11.1 Å². The molecule has 0 unspecified atom stereocenters. The van der Waals surface area contributed by atoms with Gasteiger partial charge in [-0.3, -0.25) is 0 Å². The fraction of sp³-hybridized carbons (Fsp3) is 0.385. The number of ether oxygens (including phenoxy) is 3. The average Bonchev–Trinajstić information content (AvgIpc) is 3.08. The van der Waals surface area contributed by atoms with E-state index >= 15 is 4.39 Å². The van der Waals surface area contributed by atoms with E-state index in [1.54, 1.807) is 6.07 Å². The molecular weight excluding hydrogens is 593 g/mol. The number of carbonyl (C=O) groups excluding carboxylic acids is 1. The summed E-state index contributed by atoms with van der Waals surface area (Å²) in [5.74, 6) is 0.405. The summed E-state index contributed by atoms with van der Waals surface area (Å²) in [6, 6.07) is 28.7. The molecule has 7 nitrogen and oxygen atoms in total. The second-order valence-electron chi connectivity index (χ2n) is 13.7. The first-order valence-electron chi connectivity index (χ1n) is 16.5. The summed E-state index contributed by atoms with van der Waals surface area (Å²) in [6.45, 7) is 9.56. The second kappa shape index (κ2) is 14.0. The first kappa shape index (κ1) is 32.4. The summed E-state index contributed by atoms with van der Waals surface area (Å²) >= 11 is 0. The number of halogens is 1. The quantitative estimate of drug-likeness (QED) is 0.193. The van der Waals surface area contributed by atoms with Crippen molar-refractivity contribution >= 4 is 11.8 Å². The van der Waals surface area contributed by atoms with E-state index in [0.29, 0.717) is 36.1 Å². The number of hydrogen-bond acceptors (Lipinski definition) is 6. The van der Waals surface area contributed by atoms with Gasteiger partial charge in [0.05, 0.1) is 0 Å². The summed E-state index contributed by atoms with van der Waals surface area (Å²) in [7, 11) is 0. The zero-order valence-electron chi connectivity index (χ0n) is 27.6. The molecule has 1 aromatic heterocycles. The Morgan fingerprint density at radius 2 is 1.36 bits per heavy atom. The Morgan fingerprint density at radius 3 is 1.98 bits per heavy atom. The molecule has 2 saturated heterocycles. The van der Waals surface area contributed by atoms with E-state index in [9.17, 15) is 4.79 Å². The molecule has 3 aromatic carbocycles. The maximum Gasteiger partial charge on any atom is 0.410 e. The molecule has 1 spiro atoms. The van der Waals surface area contributed by atoms with Gasteiger partial charge in [0, 0.05) is 49.1 Å². The van der Waals surface area contributed by atoms with Crippen LogP contribution in [0, 0.1) is 11.2 Å². The molecule has 0 atom stereocenters. The summed E-state index contributed by atoms with van der Waals surface area (Å²) in [5, 5.41) is 0. The molecule has 0 saturated carbocycles. The van der Waals surface area contributed by atoms with Gasteiger partial charge >= 0.3 is 6.09 Å². The molecule has 3 heterocycles. The molecule has 0 N–H and O–H groups in total. The van der Waals surface area contributed by atoms with Crippen molar-refractivity contribution < 1.29 is 23.4 Å². The number of likely N-dealkylation sites (tertiary alicyclic amines) is 1. The van der Waals surface area contributed by atoms with Crippen molar-refractivity contribution in [3.05, 3.63) is 108 Å². The highest BCUT2D eigenvalue weighted by atomic mass is 19.1. The van der Waals surface area contributed by atoms with E-state index in [1.165, 1.54) is 6.07 Å². The van der Waals surface area contributed by atoms with Gasteiger partial charge < -0.3 is 24.0 Å². The number of pyridine rings is 1. The van der Waals surface area contributed by atoms with Crippen molar-refractivity contribution in [2.75, 3.05) is 31.1 Å². The lowest BCUT2D eigenvalue weighted by Crippen LogP contribution is -2.49. The van der Waals surface area contributed by atoms with Crippen LogP contribution in [-0.2, 0) is 18.0 Å². The minimum atomic E-state index is -0.491. The van der Waals surface area contributed by atoms with E-state index in [-0.39, 0.29) is 17.3 Å². The number of aromatic nitrogens is 1. The maximum absolute atomic E-state index is 15.6. The molecule has 0 radical (unpaired) electrons. The first-order valence-corrected chi connectivity index (χ1v) is 16.5. The third-order valence-corrected chi connectivity index (χ3v) is 9.19. The van der Waals surface area contributed by atoms with Crippen molar-refractivity contribution in [1.29, 1.82) is 0 Å². The summed E-state index contributed by atoms with van der Waals surface area (Å²) in [5.41, 5.74) is 3.74. The maximum atomic E-state index is 15.6. The van der Waals surface area contributed by atoms with Crippen LogP contribution in [0.1, 0.15) is 57.6 Å². The molecule has 246 valence electrons. The zero-order chi connectivity index (χ0) is 32.9. The molecule has 0 bridgehead atoms. The van der Waals surface area contributed by atoms with Gasteiger partial charge in [0.25, 0.3) is 0 Å². The van der Waals surface area contributed by atoms with Crippen LogP contribution in [-0.4, -0.2) is 47.8 Å². The molecule has 47 heavy (non-hydrogen) atoms. The smallest absolute Gasteiger partial charge is 0.410 e. The highest BCUT2D eigenvalue weighted by Crippen LogP contribution is 2.43. The molecule has 6 rings (SSSR count). The lowest BCUT2D eigenvalue weighted by molar-refractivity contribution is 0.00665. The van der Waals surface area contributed by atoms with Crippen LogP contribution >= 0.6 is 0 Å². The van der Waals surface area contributed by atoms with Crippen LogP contribution in [0.15, 0.2) is 91.0 Å². The predicted molar refractivity (Wildman–Crippen MR) is 182 cm³/mol. The van der Waals surface area contributed by atoms with Crippen LogP contribution < -0.4 is 14.4 Å². The van der Waals surface area contributed by atoms with Gasteiger partial charge in [-0.25, -0.2) is 9.18 Å². The first-order chi connectivity index (χ1) is 22.7. The lowest BCUT2D eigenvalue weighted by atomic mass is 9.71. The Labute approximate surface area is 277 Å². The molecule has 0 aliphatic carbocycles. The van der Waals surface area contributed by atoms with E-state index < -0.39 is 5.60 Å². The monoisotopic (exact) mass is 637 g/mol. The van der Waals surface area contributed by atoms with Crippen LogP contribution in [0.2, 0.25) is 0 Å². The lowest BCUT2D eigenvalue weighted by Gasteiger charge is -2.47. The van der Waals surface area contributed by atoms with Crippen LogP contribution in [0.3, 0.4) is 0 Å². The van der Waals surface area contributed by atoms with E-state index in [2.05, 4.69) is 4.90 Å². The highest BCUT2D eigenvalue weighted by Gasteiger charge is 2.39. The van der Waals surface area contributed by atoms with Crippen molar-refractivity contribution in [3.63, 3.8) is 0 Å². The van der Waals surface area contributed by atoms with Gasteiger partial charge in [0.15, 0.2) is 0 Å². The molecule has 2 aliphatic heterocycles. The number of nitrogens with zero attached hydrogens (tertiary/aromatic N) is 3. The molecule has 2 fully saturated rings. The van der Waals surface area contributed by atoms with Gasteiger partial charge in [0.1, 0.15) is 24.6 Å². The fourth-order valence-corrected chi connectivity index (χ4v) is 6.42. The second-order valence-corrected chi connectivity index (χ2v) is 13.7. The predicted octanol–water partition coefficient (Wildman–Crippen LogP) is 8.66. The molecule has 8 heteroatoms. The number of amides is 1. The number of rotatable bonds is 8. The SMILES string of the molecule is CC(C)(C)OC(=O)N1CCC2(CC1)CCN(c1ccc(F)c(-c3ccc(OCc4ccccc4)nc3OCc3ccccc3)c1)CC2. The van der Waals surface area contributed by atoms with Gasteiger partial charge in [-0.2, -0.15) is 4.98 Å². The van der Waals surface area contributed by atoms with Crippen LogP contribution in [0.4, 0.5) is 14.9 Å². The molecular formula is C39H44FN3O4. The Hall–Kier alpha value is -4.59. The Morgan fingerprint density at radius 1 is 0.766 bits per heavy atom. The summed E-state index contributed by atoms with van der Waals surface area (Å²) in [6.07, 6.45) is 3.79. The van der Waals surface area contributed by atoms with E-state index in [0.717, 1.165) is 68.7 Å². The largest absolute Gasteiger partial charge is 0.473 e. The molecule has 4 aromatic rings. The Kier molecular flexibility index (Phi) is 9.66. The standard InChI is InChI=1S/C39H44FN3O4/c1-38(2,3)47-37(44)43-24-20-39(21-25-43)18-22-42(23-19-39)31-14-16-34(40)33(26-31)32-15-17-35(45-27-29-10-6-4-7-11-29)41-36(32)46-28-30-12-8-5-9-13-30/h4-17,26H,18-25,27-28H2,1-3H3. The average molecular weight is 638 g/mol. The van der Waals surface area contributed by atoms with Crippen molar-refractivity contribution in [2.24, 2.45) is 5.41 Å². The summed E-state index contributed by atoms with van der Waals surface area (Å²) < 4.78 is 33.4. The topological polar surface area (TPSA) is 64.1 Å². The van der Waals surface area contributed by atoms with Crippen molar-refractivity contribution in [2.45, 2.75) is 65.3 Å². The third kappa shape index (κ3) is 8.23. The summed E-state index contributed by atoms with van der Waals surface area (Å²) in [4.78, 5) is 21.5. The fourth-order valence-electron chi connectivity index (χ4n) is 6.42. The van der Waals surface area contributed by atoms with Crippen LogP contribution in [0.5, 0.6) is 11.8 Å². The van der Waals surface area contributed by atoms with Crippen molar-refractivity contribution in [3.8, 4) is 22.9 Å². The third-order valence-electron chi connectivity index (χ3n) is 9.19. The normalized spacial score (nSPS) is 16.2.